The number of benzene rings is 2. The molecule has 1 aliphatic heterocycles. The number of ether oxygens (including phenoxy) is 1. The lowest BCUT2D eigenvalue weighted by Gasteiger charge is -2.26. The van der Waals surface area contributed by atoms with Crippen LogP contribution >= 0.6 is 15.9 Å². The van der Waals surface area contributed by atoms with Gasteiger partial charge in [0.25, 0.3) is 5.91 Å². The van der Waals surface area contributed by atoms with Crippen molar-refractivity contribution in [3.63, 3.8) is 0 Å². The van der Waals surface area contributed by atoms with Crippen LogP contribution in [0.5, 0.6) is 5.75 Å². The van der Waals surface area contributed by atoms with Crippen molar-refractivity contribution in [2.75, 3.05) is 18.4 Å². The number of carbonyl (C=O) groups excluding carboxylic acids is 1. The highest BCUT2D eigenvalue weighted by atomic mass is 79.9. The second-order valence-corrected chi connectivity index (χ2v) is 8.33. The Morgan fingerprint density at radius 2 is 1.77 bits per heavy atom. The minimum atomic E-state index is -0.272. The molecular weight excluding hydrogens is 444 g/mol. The number of nitrogens with one attached hydrogen (secondary N) is 1. The lowest BCUT2D eigenvalue weighted by Crippen LogP contribution is -2.29. The highest BCUT2D eigenvalue weighted by Crippen LogP contribution is 2.25. The van der Waals surface area contributed by atoms with Gasteiger partial charge in [-0.3, -0.25) is 9.69 Å². The second kappa shape index (κ2) is 9.96. The van der Waals surface area contributed by atoms with Crippen LogP contribution in [0.4, 0.5) is 5.69 Å². The molecule has 156 valence electrons. The molecule has 0 saturated carbocycles. The summed E-state index contributed by atoms with van der Waals surface area (Å²) >= 11 is 3.45. The molecule has 0 atom stereocenters. The summed E-state index contributed by atoms with van der Waals surface area (Å²) in [6, 6.07) is 19.1. The molecule has 30 heavy (non-hydrogen) atoms. The predicted octanol–water partition coefficient (Wildman–Crippen LogP) is 5.86. The topological polar surface area (TPSA) is 54.7 Å². The number of rotatable bonds is 7. The summed E-state index contributed by atoms with van der Waals surface area (Å²) in [5, 5.41) is 2.89. The van der Waals surface area contributed by atoms with E-state index in [2.05, 4.69) is 38.3 Å². The molecule has 1 fully saturated rings. The number of para-hydroxylation sites is 1. The van der Waals surface area contributed by atoms with Gasteiger partial charge in [0.15, 0.2) is 5.76 Å². The highest BCUT2D eigenvalue weighted by molar-refractivity contribution is 9.10. The Bertz CT molecular complexity index is 978. The molecule has 5 nitrogen and oxygen atoms in total. The Morgan fingerprint density at radius 1 is 1.00 bits per heavy atom. The van der Waals surface area contributed by atoms with Gasteiger partial charge in [-0.1, -0.05) is 30.7 Å². The number of amides is 1. The molecule has 3 aromatic rings. The monoisotopic (exact) mass is 468 g/mol. The standard InChI is InChI=1S/C24H25BrN2O3/c25-21-6-2-3-7-22(21)29-17-20-12-13-23(30-20)24(28)26-19-10-8-18(9-11-19)16-27-14-4-1-5-15-27/h2-3,6-13H,1,4-5,14-17H2,(H,26,28). The quantitative estimate of drug-likeness (QED) is 0.471. The number of halogens is 1. The number of nitrogens with zero attached hydrogens (tertiary/aromatic N) is 1. The molecule has 0 unspecified atom stereocenters. The van der Waals surface area contributed by atoms with E-state index in [4.69, 9.17) is 9.15 Å². The van der Waals surface area contributed by atoms with Crippen molar-refractivity contribution >= 4 is 27.5 Å². The molecular formula is C24H25BrN2O3. The first-order valence-electron chi connectivity index (χ1n) is 10.3. The van der Waals surface area contributed by atoms with E-state index in [1.807, 2.05) is 36.4 Å². The number of carbonyl (C=O) groups is 1. The van der Waals surface area contributed by atoms with Crippen molar-refractivity contribution in [2.45, 2.75) is 32.4 Å². The second-order valence-electron chi connectivity index (χ2n) is 7.47. The van der Waals surface area contributed by atoms with Crippen LogP contribution < -0.4 is 10.1 Å². The van der Waals surface area contributed by atoms with Crippen LogP contribution in [0.2, 0.25) is 0 Å². The van der Waals surface area contributed by atoms with Crippen molar-refractivity contribution in [2.24, 2.45) is 0 Å². The number of anilines is 1. The fraction of sp³-hybridized carbons (Fsp3) is 0.292. The Kier molecular flexibility index (Phi) is 6.87. The van der Waals surface area contributed by atoms with Crippen molar-refractivity contribution in [3.05, 3.63) is 82.2 Å². The molecule has 1 aliphatic rings. The zero-order valence-electron chi connectivity index (χ0n) is 16.8. The van der Waals surface area contributed by atoms with E-state index in [9.17, 15) is 4.79 Å². The average Bonchev–Trinajstić information content (AvgIpc) is 3.25. The molecule has 1 aromatic heterocycles. The third kappa shape index (κ3) is 5.52. The molecule has 0 aliphatic carbocycles. The Hall–Kier alpha value is -2.57. The first-order valence-corrected chi connectivity index (χ1v) is 11.1. The molecule has 1 amide bonds. The summed E-state index contributed by atoms with van der Waals surface area (Å²) in [6.45, 7) is 3.56. The normalized spacial score (nSPS) is 14.4. The Labute approximate surface area is 185 Å². The van der Waals surface area contributed by atoms with Crippen LogP contribution in [-0.2, 0) is 13.2 Å². The maximum Gasteiger partial charge on any atom is 0.291 e. The van der Waals surface area contributed by atoms with Gasteiger partial charge in [0.1, 0.15) is 18.1 Å². The third-order valence-corrected chi connectivity index (χ3v) is 5.81. The number of piperidine rings is 1. The van der Waals surface area contributed by atoms with E-state index in [1.165, 1.54) is 37.9 Å². The minimum absolute atomic E-state index is 0.251. The van der Waals surface area contributed by atoms with E-state index < -0.39 is 0 Å². The summed E-state index contributed by atoms with van der Waals surface area (Å²) in [7, 11) is 0. The lowest BCUT2D eigenvalue weighted by molar-refractivity contribution is 0.0992. The van der Waals surface area contributed by atoms with Crippen molar-refractivity contribution in [3.8, 4) is 5.75 Å². The zero-order valence-corrected chi connectivity index (χ0v) is 18.4. The molecule has 1 saturated heterocycles. The van der Waals surface area contributed by atoms with Crippen LogP contribution in [0.15, 0.2) is 69.6 Å². The van der Waals surface area contributed by atoms with Gasteiger partial charge in [-0.15, -0.1) is 0 Å². The van der Waals surface area contributed by atoms with E-state index in [-0.39, 0.29) is 18.3 Å². The smallest absolute Gasteiger partial charge is 0.291 e. The van der Waals surface area contributed by atoms with Crippen molar-refractivity contribution < 1.29 is 13.9 Å². The van der Waals surface area contributed by atoms with Gasteiger partial charge in [0.05, 0.1) is 4.47 Å². The molecule has 6 heteroatoms. The van der Waals surface area contributed by atoms with Crippen molar-refractivity contribution in [1.82, 2.24) is 4.90 Å². The minimum Gasteiger partial charge on any atom is -0.484 e. The van der Waals surface area contributed by atoms with Gasteiger partial charge in [-0.05, 0) is 83.8 Å². The lowest BCUT2D eigenvalue weighted by atomic mass is 10.1. The molecule has 0 radical (unpaired) electrons. The number of furan rings is 1. The summed E-state index contributed by atoms with van der Waals surface area (Å²) in [5.74, 6) is 1.31. The average molecular weight is 469 g/mol. The summed E-state index contributed by atoms with van der Waals surface area (Å²) in [4.78, 5) is 15.0. The van der Waals surface area contributed by atoms with E-state index in [0.717, 1.165) is 22.5 Å². The van der Waals surface area contributed by atoms with Crippen LogP contribution in [0.1, 0.15) is 41.1 Å². The van der Waals surface area contributed by atoms with Gasteiger partial charge in [0.2, 0.25) is 0 Å². The summed E-state index contributed by atoms with van der Waals surface area (Å²) in [6.07, 6.45) is 3.91. The first-order chi connectivity index (χ1) is 14.7. The summed E-state index contributed by atoms with van der Waals surface area (Å²) < 4.78 is 12.3. The molecule has 0 bridgehead atoms. The SMILES string of the molecule is O=C(Nc1ccc(CN2CCCCC2)cc1)c1ccc(COc2ccccc2Br)o1. The molecule has 2 aromatic carbocycles. The molecule has 0 spiro atoms. The van der Waals surface area contributed by atoms with Crippen molar-refractivity contribution in [1.29, 1.82) is 0 Å². The number of hydrogen-bond acceptors (Lipinski definition) is 4. The maximum absolute atomic E-state index is 12.5. The van der Waals surface area contributed by atoms with E-state index in [1.54, 1.807) is 12.1 Å². The fourth-order valence-electron chi connectivity index (χ4n) is 3.55. The zero-order chi connectivity index (χ0) is 20.8. The highest BCUT2D eigenvalue weighted by Gasteiger charge is 2.13. The first kappa shape index (κ1) is 20.7. The van der Waals surface area contributed by atoms with Crippen LogP contribution in [0, 0.1) is 0 Å². The van der Waals surface area contributed by atoms with Gasteiger partial charge in [-0.25, -0.2) is 0 Å². The Balaban J connectivity index is 1.30. The van der Waals surface area contributed by atoms with Gasteiger partial charge in [0, 0.05) is 12.2 Å². The fourth-order valence-corrected chi connectivity index (χ4v) is 3.95. The predicted molar refractivity (Wildman–Crippen MR) is 121 cm³/mol. The molecule has 2 heterocycles. The van der Waals surface area contributed by atoms with Crippen LogP contribution in [0.25, 0.3) is 0 Å². The number of likely N-dealkylation sites (tertiary alicyclic amines) is 1. The van der Waals surface area contributed by atoms with Gasteiger partial charge in [-0.2, -0.15) is 0 Å². The summed E-state index contributed by atoms with van der Waals surface area (Å²) in [5.41, 5.74) is 2.02. The van der Waals surface area contributed by atoms with Gasteiger partial charge >= 0.3 is 0 Å². The van der Waals surface area contributed by atoms with Crippen LogP contribution in [-0.4, -0.2) is 23.9 Å². The largest absolute Gasteiger partial charge is 0.484 e. The number of hydrogen-bond donors (Lipinski definition) is 1. The van der Waals surface area contributed by atoms with Crippen LogP contribution in [0.3, 0.4) is 0 Å². The van der Waals surface area contributed by atoms with Gasteiger partial charge < -0.3 is 14.5 Å². The van der Waals surface area contributed by atoms with E-state index >= 15 is 0 Å². The molecule has 4 rings (SSSR count). The Morgan fingerprint density at radius 3 is 2.53 bits per heavy atom. The molecule has 1 N–H and O–H groups in total. The maximum atomic E-state index is 12.5. The third-order valence-electron chi connectivity index (χ3n) is 5.16. The van der Waals surface area contributed by atoms with E-state index in [0.29, 0.717) is 5.76 Å².